The normalized spacial score (nSPS) is 24.0. The molecule has 1 aliphatic carbocycles. The van der Waals surface area contributed by atoms with Crippen LogP contribution < -0.4 is 0 Å². The number of rotatable bonds is 4. The largest absolute Gasteiger partial charge is 0.481 e. The highest BCUT2D eigenvalue weighted by Gasteiger charge is 2.49. The molecular weight excluding hydrogens is 206 g/mol. The highest BCUT2D eigenvalue weighted by atomic mass is 16.4. The lowest BCUT2D eigenvalue weighted by Crippen LogP contribution is -2.32. The predicted molar refractivity (Wildman–Crippen MR) is 60.9 cm³/mol. The van der Waals surface area contributed by atoms with Gasteiger partial charge in [0, 0.05) is 13.6 Å². The minimum Gasteiger partial charge on any atom is -0.481 e. The van der Waals surface area contributed by atoms with Gasteiger partial charge in [-0.15, -0.1) is 0 Å². The van der Waals surface area contributed by atoms with Gasteiger partial charge >= 0.3 is 5.97 Å². The van der Waals surface area contributed by atoms with Gasteiger partial charge in [-0.1, -0.05) is 20.8 Å². The molecule has 2 atom stereocenters. The van der Waals surface area contributed by atoms with Gasteiger partial charge in [-0.3, -0.25) is 9.59 Å². The standard InChI is InChI=1S/C12H21NO3/c1-12(2,3)5-6-13(4)10(14)8-7-9(8)11(15)16/h8-9H,5-7H2,1-4H3,(H,15,16). The van der Waals surface area contributed by atoms with Crippen LogP contribution in [0.3, 0.4) is 0 Å². The first-order valence-electron chi connectivity index (χ1n) is 5.70. The Balaban J connectivity index is 2.36. The fourth-order valence-corrected chi connectivity index (χ4v) is 1.64. The molecule has 1 N–H and O–H groups in total. The lowest BCUT2D eigenvalue weighted by Gasteiger charge is -2.23. The zero-order valence-corrected chi connectivity index (χ0v) is 10.5. The van der Waals surface area contributed by atoms with E-state index >= 15 is 0 Å². The van der Waals surface area contributed by atoms with Crippen LogP contribution >= 0.6 is 0 Å². The Morgan fingerprint density at radius 1 is 1.31 bits per heavy atom. The van der Waals surface area contributed by atoms with Crippen LogP contribution in [0, 0.1) is 17.3 Å². The molecule has 0 spiro atoms. The van der Waals surface area contributed by atoms with E-state index in [-0.39, 0.29) is 17.2 Å². The number of carbonyl (C=O) groups excluding carboxylic acids is 1. The van der Waals surface area contributed by atoms with Gasteiger partial charge in [-0.05, 0) is 18.3 Å². The van der Waals surface area contributed by atoms with Gasteiger partial charge in [0.25, 0.3) is 0 Å². The van der Waals surface area contributed by atoms with E-state index in [1.165, 1.54) is 0 Å². The summed E-state index contributed by atoms with van der Waals surface area (Å²) < 4.78 is 0. The van der Waals surface area contributed by atoms with Crippen LogP contribution in [0.1, 0.15) is 33.6 Å². The van der Waals surface area contributed by atoms with E-state index < -0.39 is 11.9 Å². The Hall–Kier alpha value is -1.06. The molecule has 92 valence electrons. The van der Waals surface area contributed by atoms with E-state index in [2.05, 4.69) is 20.8 Å². The Bertz CT molecular complexity index is 293. The molecule has 0 saturated heterocycles. The Morgan fingerprint density at radius 2 is 1.88 bits per heavy atom. The molecule has 0 aliphatic heterocycles. The second kappa shape index (κ2) is 4.44. The van der Waals surface area contributed by atoms with Crippen molar-refractivity contribution >= 4 is 11.9 Å². The fourth-order valence-electron chi connectivity index (χ4n) is 1.64. The number of amides is 1. The number of carbonyl (C=O) groups is 2. The minimum atomic E-state index is -0.845. The second-order valence-corrected chi connectivity index (χ2v) is 5.86. The van der Waals surface area contributed by atoms with Gasteiger partial charge in [0.1, 0.15) is 0 Å². The molecular formula is C12H21NO3. The molecule has 0 bridgehead atoms. The maximum atomic E-state index is 11.8. The molecule has 0 aromatic rings. The van der Waals surface area contributed by atoms with Gasteiger partial charge in [-0.2, -0.15) is 0 Å². The Kier molecular flexibility index (Phi) is 3.61. The van der Waals surface area contributed by atoms with Crippen molar-refractivity contribution < 1.29 is 14.7 Å². The molecule has 0 aromatic carbocycles. The third-order valence-corrected chi connectivity index (χ3v) is 3.00. The van der Waals surface area contributed by atoms with Crippen molar-refractivity contribution in [3.8, 4) is 0 Å². The molecule has 1 amide bonds. The van der Waals surface area contributed by atoms with Crippen LogP contribution in [0.5, 0.6) is 0 Å². The highest BCUT2D eigenvalue weighted by molar-refractivity contribution is 5.89. The molecule has 4 nitrogen and oxygen atoms in total. The fraction of sp³-hybridized carbons (Fsp3) is 0.833. The van der Waals surface area contributed by atoms with E-state index in [1.807, 2.05) is 0 Å². The summed E-state index contributed by atoms with van der Waals surface area (Å²) >= 11 is 0. The molecule has 4 heteroatoms. The first-order chi connectivity index (χ1) is 7.22. The minimum absolute atomic E-state index is 0.0170. The number of hydrogen-bond acceptors (Lipinski definition) is 2. The van der Waals surface area contributed by atoms with Gasteiger partial charge < -0.3 is 10.0 Å². The number of hydrogen-bond donors (Lipinski definition) is 1. The van der Waals surface area contributed by atoms with E-state index in [0.29, 0.717) is 13.0 Å². The first-order valence-corrected chi connectivity index (χ1v) is 5.70. The van der Waals surface area contributed by atoms with Crippen molar-refractivity contribution in [3.63, 3.8) is 0 Å². The van der Waals surface area contributed by atoms with Crippen LogP contribution in [0.2, 0.25) is 0 Å². The van der Waals surface area contributed by atoms with Crippen LogP contribution in [-0.4, -0.2) is 35.5 Å². The monoisotopic (exact) mass is 227 g/mol. The number of carboxylic acid groups (broad SMARTS) is 1. The third-order valence-electron chi connectivity index (χ3n) is 3.00. The summed E-state index contributed by atoms with van der Waals surface area (Å²) in [7, 11) is 1.76. The maximum Gasteiger partial charge on any atom is 0.307 e. The molecule has 0 aromatic heterocycles. The van der Waals surface area contributed by atoms with E-state index in [1.54, 1.807) is 11.9 Å². The van der Waals surface area contributed by atoms with Crippen molar-refractivity contribution in [2.24, 2.45) is 17.3 Å². The average molecular weight is 227 g/mol. The molecule has 1 saturated carbocycles. The van der Waals surface area contributed by atoms with Gasteiger partial charge in [0.2, 0.25) is 5.91 Å². The SMILES string of the molecule is CN(CCC(C)(C)C)C(=O)C1CC1C(=O)O. The first kappa shape index (κ1) is 13.0. The summed E-state index contributed by atoms with van der Waals surface area (Å²) in [5.74, 6) is -1.58. The number of nitrogens with zero attached hydrogens (tertiary/aromatic N) is 1. The van der Waals surface area contributed by atoms with E-state index in [9.17, 15) is 9.59 Å². The van der Waals surface area contributed by atoms with E-state index in [4.69, 9.17) is 5.11 Å². The van der Waals surface area contributed by atoms with Crippen molar-refractivity contribution in [3.05, 3.63) is 0 Å². The van der Waals surface area contributed by atoms with E-state index in [0.717, 1.165) is 6.42 Å². The molecule has 1 aliphatic rings. The number of carboxylic acids is 1. The van der Waals surface area contributed by atoms with Crippen molar-refractivity contribution in [1.82, 2.24) is 4.90 Å². The lowest BCUT2D eigenvalue weighted by atomic mass is 9.92. The number of aliphatic carboxylic acids is 1. The van der Waals surface area contributed by atoms with Crippen molar-refractivity contribution in [2.45, 2.75) is 33.6 Å². The quantitative estimate of drug-likeness (QED) is 0.793. The van der Waals surface area contributed by atoms with Gasteiger partial charge in [0.05, 0.1) is 11.8 Å². The average Bonchev–Trinajstić information content (AvgIpc) is 2.91. The zero-order chi connectivity index (χ0) is 12.5. The lowest BCUT2D eigenvalue weighted by molar-refractivity contribution is -0.141. The molecule has 16 heavy (non-hydrogen) atoms. The molecule has 1 rings (SSSR count). The van der Waals surface area contributed by atoms with Crippen molar-refractivity contribution in [2.75, 3.05) is 13.6 Å². The van der Waals surface area contributed by atoms with Crippen LogP contribution in [0.15, 0.2) is 0 Å². The van der Waals surface area contributed by atoms with Crippen LogP contribution in [-0.2, 0) is 9.59 Å². The summed E-state index contributed by atoms with van der Waals surface area (Å²) in [5, 5.41) is 8.74. The Morgan fingerprint density at radius 3 is 2.25 bits per heavy atom. The molecule has 2 unspecified atom stereocenters. The smallest absolute Gasteiger partial charge is 0.307 e. The highest BCUT2D eigenvalue weighted by Crippen LogP contribution is 2.40. The summed E-state index contributed by atoms with van der Waals surface area (Å²) in [4.78, 5) is 24.1. The summed E-state index contributed by atoms with van der Waals surface area (Å²) in [6.45, 7) is 7.08. The topological polar surface area (TPSA) is 57.6 Å². The van der Waals surface area contributed by atoms with Crippen LogP contribution in [0.25, 0.3) is 0 Å². The molecule has 0 radical (unpaired) electrons. The summed E-state index contributed by atoms with van der Waals surface area (Å²) in [5.41, 5.74) is 0.199. The molecule has 1 fully saturated rings. The van der Waals surface area contributed by atoms with Gasteiger partial charge in [0.15, 0.2) is 0 Å². The van der Waals surface area contributed by atoms with Crippen molar-refractivity contribution in [1.29, 1.82) is 0 Å². The third kappa shape index (κ3) is 3.51. The second-order valence-electron chi connectivity index (χ2n) is 5.86. The molecule has 0 heterocycles. The van der Waals surface area contributed by atoms with Gasteiger partial charge in [-0.25, -0.2) is 0 Å². The zero-order valence-electron chi connectivity index (χ0n) is 10.5. The Labute approximate surface area is 96.6 Å². The summed E-state index contributed by atoms with van der Waals surface area (Å²) in [6.07, 6.45) is 1.44. The predicted octanol–water partition coefficient (Wildman–Crippen LogP) is 1.60. The van der Waals surface area contributed by atoms with Crippen LogP contribution in [0.4, 0.5) is 0 Å². The maximum absolute atomic E-state index is 11.8. The summed E-state index contributed by atoms with van der Waals surface area (Å²) in [6, 6.07) is 0.